The molecule has 0 bridgehead atoms. The van der Waals surface area contributed by atoms with Gasteiger partial charge in [0.05, 0.1) is 6.61 Å². The van der Waals surface area contributed by atoms with E-state index in [2.05, 4.69) is 24.0 Å². The Kier molecular flexibility index (Phi) is 4.00. The van der Waals surface area contributed by atoms with Crippen molar-refractivity contribution in [3.05, 3.63) is 42.5 Å². The third-order valence-electron chi connectivity index (χ3n) is 2.66. The molecule has 1 aromatic carbocycles. The van der Waals surface area contributed by atoms with Crippen molar-refractivity contribution in [1.82, 2.24) is 5.32 Å². The zero-order valence-electron chi connectivity index (χ0n) is 9.61. The molecule has 0 aromatic heterocycles. The second-order valence-electron chi connectivity index (χ2n) is 4.23. The van der Waals surface area contributed by atoms with Crippen molar-refractivity contribution in [3.63, 3.8) is 0 Å². The minimum Gasteiger partial charge on any atom is -0.493 e. The van der Waals surface area contributed by atoms with Crippen LogP contribution in [0.1, 0.15) is 24.8 Å². The Hall–Kier alpha value is -1.28. The van der Waals surface area contributed by atoms with Crippen molar-refractivity contribution in [2.24, 2.45) is 0 Å². The normalized spacial score (nSPS) is 14.8. The molecule has 0 unspecified atom stereocenters. The van der Waals surface area contributed by atoms with E-state index in [-0.39, 0.29) is 0 Å². The number of rotatable bonds is 7. The minimum absolute atomic E-state index is 0.711. The number of nitrogens with one attached hydrogen (secondary N) is 1. The monoisotopic (exact) mass is 217 g/mol. The first kappa shape index (κ1) is 11.2. The summed E-state index contributed by atoms with van der Waals surface area (Å²) in [5.74, 6) is 0.956. The van der Waals surface area contributed by atoms with Crippen LogP contribution in [0.2, 0.25) is 0 Å². The summed E-state index contributed by atoms with van der Waals surface area (Å²) in [7, 11) is 0. The molecule has 0 saturated heterocycles. The molecule has 1 aromatic rings. The highest BCUT2D eigenvalue weighted by atomic mass is 16.5. The van der Waals surface area contributed by atoms with E-state index in [1.54, 1.807) is 0 Å². The molecule has 0 spiro atoms. The number of hydrogen-bond acceptors (Lipinski definition) is 2. The molecule has 2 nitrogen and oxygen atoms in total. The van der Waals surface area contributed by atoms with Crippen LogP contribution in [0.25, 0.3) is 0 Å². The van der Waals surface area contributed by atoms with E-state index in [9.17, 15) is 0 Å². The van der Waals surface area contributed by atoms with Gasteiger partial charge < -0.3 is 10.1 Å². The van der Waals surface area contributed by atoms with Gasteiger partial charge in [-0.3, -0.25) is 0 Å². The van der Waals surface area contributed by atoms with E-state index in [1.807, 2.05) is 18.2 Å². The Morgan fingerprint density at radius 1 is 1.44 bits per heavy atom. The van der Waals surface area contributed by atoms with E-state index < -0.39 is 0 Å². The van der Waals surface area contributed by atoms with Crippen molar-refractivity contribution in [2.45, 2.75) is 31.8 Å². The smallest absolute Gasteiger partial charge is 0.119 e. The van der Waals surface area contributed by atoms with Crippen LogP contribution in [0.3, 0.4) is 0 Å². The summed E-state index contributed by atoms with van der Waals surface area (Å²) in [5.41, 5.74) is 1.29. The van der Waals surface area contributed by atoms with Crippen molar-refractivity contribution < 1.29 is 4.74 Å². The molecule has 0 aliphatic heterocycles. The average Bonchev–Trinajstić information content (AvgIpc) is 3.11. The second-order valence-corrected chi connectivity index (χ2v) is 4.23. The zero-order valence-corrected chi connectivity index (χ0v) is 9.61. The van der Waals surface area contributed by atoms with Gasteiger partial charge in [0.15, 0.2) is 0 Å². The lowest BCUT2D eigenvalue weighted by Gasteiger charge is -2.07. The molecule has 1 saturated carbocycles. The van der Waals surface area contributed by atoms with Crippen LogP contribution >= 0.6 is 0 Å². The summed E-state index contributed by atoms with van der Waals surface area (Å²) < 4.78 is 5.61. The maximum Gasteiger partial charge on any atom is 0.119 e. The molecular weight excluding hydrogens is 198 g/mol. The van der Waals surface area contributed by atoms with Gasteiger partial charge in [-0.1, -0.05) is 18.2 Å². The summed E-state index contributed by atoms with van der Waals surface area (Å²) in [6, 6.07) is 9.05. The molecule has 1 aliphatic carbocycles. The van der Waals surface area contributed by atoms with Gasteiger partial charge in [0.2, 0.25) is 0 Å². The molecule has 1 aliphatic rings. The third-order valence-corrected chi connectivity index (χ3v) is 2.66. The SMILES string of the molecule is C=CCCOc1cccc(CNC2CC2)c1. The number of benzene rings is 1. The minimum atomic E-state index is 0.711. The second kappa shape index (κ2) is 5.71. The topological polar surface area (TPSA) is 21.3 Å². The Morgan fingerprint density at radius 2 is 2.31 bits per heavy atom. The van der Waals surface area contributed by atoms with Gasteiger partial charge in [0.1, 0.15) is 5.75 Å². The molecule has 0 atom stereocenters. The first-order valence-electron chi connectivity index (χ1n) is 5.94. The molecule has 86 valence electrons. The van der Waals surface area contributed by atoms with Crippen LogP contribution < -0.4 is 10.1 Å². The largest absolute Gasteiger partial charge is 0.493 e. The maximum atomic E-state index is 5.61. The average molecular weight is 217 g/mol. The van der Waals surface area contributed by atoms with E-state index in [1.165, 1.54) is 18.4 Å². The van der Waals surface area contributed by atoms with Crippen LogP contribution in [0.5, 0.6) is 5.75 Å². The highest BCUT2D eigenvalue weighted by Crippen LogP contribution is 2.20. The Labute approximate surface area is 97.3 Å². The summed E-state index contributed by atoms with van der Waals surface area (Å²) >= 11 is 0. The Morgan fingerprint density at radius 3 is 3.06 bits per heavy atom. The zero-order chi connectivity index (χ0) is 11.2. The predicted molar refractivity (Wildman–Crippen MR) is 66.6 cm³/mol. The fraction of sp³-hybridized carbons (Fsp3) is 0.429. The van der Waals surface area contributed by atoms with Gasteiger partial charge in [0.25, 0.3) is 0 Å². The summed E-state index contributed by atoms with van der Waals surface area (Å²) in [4.78, 5) is 0. The quantitative estimate of drug-likeness (QED) is 0.560. The van der Waals surface area contributed by atoms with E-state index >= 15 is 0 Å². The third kappa shape index (κ3) is 3.70. The van der Waals surface area contributed by atoms with E-state index in [4.69, 9.17) is 4.74 Å². The lowest BCUT2D eigenvalue weighted by Crippen LogP contribution is -2.15. The fourth-order valence-corrected chi connectivity index (χ4v) is 1.55. The lowest BCUT2D eigenvalue weighted by molar-refractivity contribution is 0.324. The highest BCUT2D eigenvalue weighted by molar-refractivity contribution is 5.28. The van der Waals surface area contributed by atoms with Crippen LogP contribution in [-0.2, 0) is 6.54 Å². The van der Waals surface area contributed by atoms with Crippen molar-refractivity contribution >= 4 is 0 Å². The number of ether oxygens (including phenoxy) is 1. The van der Waals surface area contributed by atoms with E-state index in [0.717, 1.165) is 24.8 Å². The Bertz CT molecular complexity index is 344. The van der Waals surface area contributed by atoms with Gasteiger partial charge in [-0.15, -0.1) is 6.58 Å². The van der Waals surface area contributed by atoms with Crippen LogP contribution in [0.4, 0.5) is 0 Å². The molecule has 2 heteroatoms. The number of hydrogen-bond donors (Lipinski definition) is 1. The molecule has 0 heterocycles. The van der Waals surface area contributed by atoms with Crippen molar-refractivity contribution in [3.8, 4) is 5.75 Å². The standard InChI is InChI=1S/C14H19NO/c1-2-3-9-16-14-6-4-5-12(10-14)11-15-13-7-8-13/h2,4-6,10,13,15H,1,3,7-9,11H2. The first-order valence-corrected chi connectivity index (χ1v) is 5.94. The lowest BCUT2D eigenvalue weighted by atomic mass is 10.2. The molecule has 1 N–H and O–H groups in total. The molecule has 16 heavy (non-hydrogen) atoms. The van der Waals surface area contributed by atoms with Crippen molar-refractivity contribution in [1.29, 1.82) is 0 Å². The van der Waals surface area contributed by atoms with Crippen molar-refractivity contribution in [2.75, 3.05) is 6.61 Å². The van der Waals surface area contributed by atoms with E-state index in [0.29, 0.717) is 6.61 Å². The summed E-state index contributed by atoms with van der Waals surface area (Å²) in [6.45, 7) is 5.33. The van der Waals surface area contributed by atoms with Gasteiger partial charge in [-0.2, -0.15) is 0 Å². The fourth-order valence-electron chi connectivity index (χ4n) is 1.55. The van der Waals surface area contributed by atoms with Gasteiger partial charge in [0, 0.05) is 12.6 Å². The maximum absolute atomic E-state index is 5.61. The van der Waals surface area contributed by atoms with Gasteiger partial charge in [-0.05, 0) is 37.0 Å². The Balaban J connectivity index is 1.82. The molecule has 0 amide bonds. The predicted octanol–water partition coefficient (Wildman–Crippen LogP) is 2.89. The summed E-state index contributed by atoms with van der Waals surface area (Å²) in [5, 5.41) is 3.50. The molecule has 2 rings (SSSR count). The first-order chi connectivity index (χ1) is 7.88. The van der Waals surface area contributed by atoms with Crippen LogP contribution in [0.15, 0.2) is 36.9 Å². The van der Waals surface area contributed by atoms with Crippen LogP contribution in [-0.4, -0.2) is 12.6 Å². The van der Waals surface area contributed by atoms with Crippen LogP contribution in [0, 0.1) is 0 Å². The summed E-state index contributed by atoms with van der Waals surface area (Å²) in [6.07, 6.45) is 5.42. The van der Waals surface area contributed by atoms with Gasteiger partial charge >= 0.3 is 0 Å². The van der Waals surface area contributed by atoms with Gasteiger partial charge in [-0.25, -0.2) is 0 Å². The molecule has 0 radical (unpaired) electrons. The highest BCUT2D eigenvalue weighted by Gasteiger charge is 2.19. The molecule has 1 fully saturated rings. The molecular formula is C14H19NO.